The summed E-state index contributed by atoms with van der Waals surface area (Å²) >= 11 is 0. The molecule has 5 rings (SSSR count). The minimum Gasteiger partial charge on any atom is -0.0996 e. The third kappa shape index (κ3) is 3.41. The predicted octanol–water partition coefficient (Wildman–Crippen LogP) is 10.5. The van der Waals surface area contributed by atoms with Gasteiger partial charge in [-0.05, 0) is 134 Å². The van der Waals surface area contributed by atoms with Gasteiger partial charge >= 0.3 is 0 Å². The standard InChI is InChI=1S/C34H58/c1-9-12-23(2)24(3)26-15-21-32(6)27(25(26)4)17-22-33(7)28-16-20-31(5)18-10-11-19-34(31,8)29(28)13-14-30(32)33/h24-30H,2,9-22H2,1,3-8H3. The fourth-order valence-corrected chi connectivity index (χ4v) is 12.3. The first kappa shape index (κ1) is 25.4. The van der Waals surface area contributed by atoms with Crippen LogP contribution in [0.4, 0.5) is 0 Å². The molecule has 0 aliphatic heterocycles. The Kier molecular flexibility index (Phi) is 6.46. The lowest BCUT2D eigenvalue weighted by Crippen LogP contribution is -2.63. The first-order valence-electron chi connectivity index (χ1n) is 15.7. The summed E-state index contributed by atoms with van der Waals surface area (Å²) in [7, 11) is 0. The van der Waals surface area contributed by atoms with Gasteiger partial charge in [-0.3, -0.25) is 0 Å². The molecule has 0 aromatic heterocycles. The number of fused-ring (bicyclic) bond motifs is 7. The summed E-state index contributed by atoms with van der Waals surface area (Å²) in [5.41, 5.74) is 3.95. The van der Waals surface area contributed by atoms with Crippen LogP contribution in [0.3, 0.4) is 0 Å². The Labute approximate surface area is 213 Å². The molecule has 5 aliphatic rings. The minimum absolute atomic E-state index is 0.577. The van der Waals surface area contributed by atoms with Crippen LogP contribution in [0.15, 0.2) is 12.2 Å². The van der Waals surface area contributed by atoms with Crippen LogP contribution in [0, 0.1) is 63.1 Å². The molecule has 11 unspecified atom stereocenters. The van der Waals surface area contributed by atoms with E-state index in [9.17, 15) is 0 Å². The molecule has 5 fully saturated rings. The zero-order chi connectivity index (χ0) is 24.5. The maximum absolute atomic E-state index is 4.54. The van der Waals surface area contributed by atoms with Crippen molar-refractivity contribution < 1.29 is 0 Å². The monoisotopic (exact) mass is 466 g/mol. The first-order valence-corrected chi connectivity index (χ1v) is 15.7. The molecule has 34 heavy (non-hydrogen) atoms. The smallest absolute Gasteiger partial charge is 0.0203 e. The summed E-state index contributed by atoms with van der Waals surface area (Å²) in [4.78, 5) is 0. The summed E-state index contributed by atoms with van der Waals surface area (Å²) in [6.07, 6.45) is 20.6. The van der Waals surface area contributed by atoms with E-state index in [0.717, 1.165) is 35.5 Å². The van der Waals surface area contributed by atoms with Gasteiger partial charge in [0.2, 0.25) is 0 Å². The molecule has 0 radical (unpaired) electrons. The maximum Gasteiger partial charge on any atom is -0.0203 e. The average molecular weight is 467 g/mol. The van der Waals surface area contributed by atoms with Crippen molar-refractivity contribution in [2.45, 2.75) is 138 Å². The van der Waals surface area contributed by atoms with E-state index in [1.165, 1.54) is 89.0 Å². The van der Waals surface area contributed by atoms with Crippen LogP contribution in [-0.4, -0.2) is 0 Å². The summed E-state index contributed by atoms with van der Waals surface area (Å²) in [5.74, 6) is 6.36. The summed E-state index contributed by atoms with van der Waals surface area (Å²) in [6, 6.07) is 0. The van der Waals surface area contributed by atoms with Gasteiger partial charge in [0.25, 0.3) is 0 Å². The Morgan fingerprint density at radius 3 is 2.18 bits per heavy atom. The molecule has 0 aromatic rings. The molecule has 5 saturated carbocycles. The van der Waals surface area contributed by atoms with Crippen LogP contribution in [0.25, 0.3) is 0 Å². The van der Waals surface area contributed by atoms with Crippen LogP contribution in [0.1, 0.15) is 138 Å². The molecular formula is C34H58. The summed E-state index contributed by atoms with van der Waals surface area (Å²) < 4.78 is 0. The van der Waals surface area contributed by atoms with Crippen molar-refractivity contribution in [1.29, 1.82) is 0 Å². The SMILES string of the molecule is C=C(CCC)C(C)C1CCC2(C)C(CCC3(C)C4CCC5(C)CCCCC5(C)C4CCC23)C1C. The zero-order valence-corrected chi connectivity index (χ0v) is 24.1. The molecule has 0 nitrogen and oxygen atoms in total. The lowest BCUT2D eigenvalue weighted by Gasteiger charge is -2.71. The van der Waals surface area contributed by atoms with Gasteiger partial charge in [-0.25, -0.2) is 0 Å². The molecule has 0 spiro atoms. The minimum atomic E-state index is 0.577. The highest BCUT2D eigenvalue weighted by molar-refractivity contribution is 5.16. The quantitative estimate of drug-likeness (QED) is 0.361. The number of hydrogen-bond acceptors (Lipinski definition) is 0. The Bertz CT molecular complexity index is 779. The van der Waals surface area contributed by atoms with Crippen LogP contribution < -0.4 is 0 Å². The second-order valence-electron chi connectivity index (χ2n) is 15.5. The molecule has 0 heterocycles. The van der Waals surface area contributed by atoms with Crippen molar-refractivity contribution in [1.82, 2.24) is 0 Å². The highest BCUT2D eigenvalue weighted by atomic mass is 14.7. The predicted molar refractivity (Wildman–Crippen MR) is 148 cm³/mol. The highest BCUT2D eigenvalue weighted by Gasteiger charge is 2.66. The lowest BCUT2D eigenvalue weighted by molar-refractivity contribution is -0.218. The second kappa shape index (κ2) is 8.65. The van der Waals surface area contributed by atoms with Crippen molar-refractivity contribution in [3.63, 3.8) is 0 Å². The third-order valence-electron chi connectivity index (χ3n) is 14.6. The molecular weight excluding hydrogens is 408 g/mol. The first-order chi connectivity index (χ1) is 16.0. The van der Waals surface area contributed by atoms with E-state index in [0.29, 0.717) is 27.6 Å². The van der Waals surface area contributed by atoms with E-state index in [1.807, 2.05) is 0 Å². The third-order valence-corrected chi connectivity index (χ3v) is 14.6. The fraction of sp³-hybridized carbons (Fsp3) is 0.941. The zero-order valence-electron chi connectivity index (χ0n) is 24.1. The van der Waals surface area contributed by atoms with Gasteiger partial charge in [-0.15, -0.1) is 0 Å². The van der Waals surface area contributed by atoms with Crippen LogP contribution in [-0.2, 0) is 0 Å². The van der Waals surface area contributed by atoms with Crippen LogP contribution in [0.2, 0.25) is 0 Å². The lowest BCUT2D eigenvalue weighted by atomic mass is 9.34. The number of hydrogen-bond donors (Lipinski definition) is 0. The van der Waals surface area contributed by atoms with Crippen molar-refractivity contribution in [3.8, 4) is 0 Å². The molecule has 11 atom stereocenters. The number of rotatable bonds is 4. The van der Waals surface area contributed by atoms with Gasteiger partial charge in [0.15, 0.2) is 0 Å². The highest BCUT2D eigenvalue weighted by Crippen LogP contribution is 2.74. The maximum atomic E-state index is 4.54. The summed E-state index contributed by atoms with van der Waals surface area (Å²) in [5, 5.41) is 0. The van der Waals surface area contributed by atoms with E-state index >= 15 is 0 Å². The second-order valence-corrected chi connectivity index (χ2v) is 15.5. The van der Waals surface area contributed by atoms with Gasteiger partial charge in [0.05, 0.1) is 0 Å². The van der Waals surface area contributed by atoms with E-state index in [4.69, 9.17) is 0 Å². The Morgan fingerprint density at radius 1 is 0.794 bits per heavy atom. The van der Waals surface area contributed by atoms with Gasteiger partial charge < -0.3 is 0 Å². The molecule has 0 bridgehead atoms. The van der Waals surface area contributed by atoms with Crippen LogP contribution in [0.5, 0.6) is 0 Å². The molecule has 5 aliphatic carbocycles. The number of allylic oxidation sites excluding steroid dienone is 1. The molecule has 0 heteroatoms. The average Bonchev–Trinajstić information content (AvgIpc) is 2.79. The largest absolute Gasteiger partial charge is 0.0996 e. The van der Waals surface area contributed by atoms with E-state index in [1.54, 1.807) is 6.42 Å². The van der Waals surface area contributed by atoms with Crippen molar-refractivity contribution in [2.75, 3.05) is 0 Å². The normalized spacial score (nSPS) is 53.6. The van der Waals surface area contributed by atoms with Crippen molar-refractivity contribution in [3.05, 3.63) is 12.2 Å². The Morgan fingerprint density at radius 2 is 1.44 bits per heavy atom. The molecule has 194 valence electrons. The van der Waals surface area contributed by atoms with E-state index in [-0.39, 0.29) is 0 Å². The van der Waals surface area contributed by atoms with Crippen molar-refractivity contribution >= 4 is 0 Å². The van der Waals surface area contributed by atoms with E-state index < -0.39 is 0 Å². The van der Waals surface area contributed by atoms with Gasteiger partial charge in [0, 0.05) is 0 Å². The Hall–Kier alpha value is -0.260. The van der Waals surface area contributed by atoms with E-state index in [2.05, 4.69) is 55.0 Å². The molecule has 0 aromatic carbocycles. The summed E-state index contributed by atoms with van der Waals surface area (Å²) in [6.45, 7) is 23.1. The van der Waals surface area contributed by atoms with Crippen molar-refractivity contribution in [2.24, 2.45) is 63.1 Å². The topological polar surface area (TPSA) is 0 Å². The fourth-order valence-electron chi connectivity index (χ4n) is 12.3. The molecule has 0 N–H and O–H groups in total. The van der Waals surface area contributed by atoms with Gasteiger partial charge in [0.1, 0.15) is 0 Å². The van der Waals surface area contributed by atoms with Gasteiger partial charge in [-0.1, -0.05) is 79.9 Å². The molecule has 0 amide bonds. The Balaban J connectivity index is 1.40. The van der Waals surface area contributed by atoms with Gasteiger partial charge in [-0.2, -0.15) is 0 Å². The molecule has 0 saturated heterocycles. The van der Waals surface area contributed by atoms with Crippen LogP contribution >= 0.6 is 0 Å².